The molecule has 6 heteroatoms. The molecule has 0 saturated heterocycles. The first kappa shape index (κ1) is 17.5. The van der Waals surface area contributed by atoms with Crippen LogP contribution in [0.4, 0.5) is 14.5 Å². The summed E-state index contributed by atoms with van der Waals surface area (Å²) in [6, 6.07) is 4.95. The molecule has 1 rings (SSSR count). The van der Waals surface area contributed by atoms with Crippen molar-refractivity contribution in [3.63, 3.8) is 0 Å². The Morgan fingerprint density at radius 1 is 1.19 bits per heavy atom. The average molecular weight is 303 g/mol. The van der Waals surface area contributed by atoms with Crippen LogP contribution in [0, 0.1) is 0 Å². The molecule has 1 aromatic carbocycles. The van der Waals surface area contributed by atoms with Crippen LogP contribution in [0.3, 0.4) is 0 Å². The van der Waals surface area contributed by atoms with Crippen molar-refractivity contribution in [2.75, 3.05) is 19.5 Å². The summed E-state index contributed by atoms with van der Waals surface area (Å²) in [5.41, 5.74) is 0.423. The Labute approximate surface area is 124 Å². The largest absolute Gasteiger partial charge is 0.493 e. The Morgan fingerprint density at radius 3 is 2.38 bits per heavy atom. The maximum Gasteiger partial charge on any atom is 0.387 e. The molecular formula is C15H23F2NO3. The van der Waals surface area contributed by atoms with Gasteiger partial charge in [0.15, 0.2) is 11.5 Å². The molecular weight excluding hydrogens is 280 g/mol. The highest BCUT2D eigenvalue weighted by atomic mass is 19.3. The Hall–Kier alpha value is -1.56. The number of nitrogens with one attached hydrogen (secondary N) is 1. The van der Waals surface area contributed by atoms with Crippen LogP contribution in [0.25, 0.3) is 0 Å². The van der Waals surface area contributed by atoms with Gasteiger partial charge >= 0.3 is 6.61 Å². The van der Waals surface area contributed by atoms with Gasteiger partial charge in [0.2, 0.25) is 0 Å². The zero-order valence-corrected chi connectivity index (χ0v) is 13.1. The predicted octanol–water partition coefficient (Wildman–Crippen LogP) is 3.91. The predicted molar refractivity (Wildman–Crippen MR) is 78.4 cm³/mol. The average Bonchev–Trinajstić information content (AvgIpc) is 2.37. The Kier molecular flexibility index (Phi) is 6.20. The van der Waals surface area contributed by atoms with Gasteiger partial charge in [-0.3, -0.25) is 0 Å². The van der Waals surface area contributed by atoms with E-state index in [1.807, 2.05) is 20.8 Å². The highest BCUT2D eigenvalue weighted by Gasteiger charge is 2.20. The van der Waals surface area contributed by atoms with Gasteiger partial charge in [0.1, 0.15) is 0 Å². The Bertz CT molecular complexity index is 453. The van der Waals surface area contributed by atoms with Crippen LogP contribution in [-0.4, -0.2) is 32.5 Å². The zero-order valence-electron chi connectivity index (χ0n) is 13.1. The van der Waals surface area contributed by atoms with E-state index in [0.717, 1.165) is 6.42 Å². The Balaban J connectivity index is 2.79. The number of halogens is 2. The second-order valence-electron chi connectivity index (χ2n) is 5.46. The second-order valence-corrected chi connectivity index (χ2v) is 5.46. The molecule has 0 aliphatic heterocycles. The minimum atomic E-state index is -2.89. The maximum atomic E-state index is 12.4. The molecule has 0 amide bonds. The molecule has 120 valence electrons. The molecule has 1 aromatic rings. The lowest BCUT2D eigenvalue weighted by Gasteiger charge is -2.27. The highest BCUT2D eigenvalue weighted by Crippen LogP contribution is 2.32. The van der Waals surface area contributed by atoms with Crippen LogP contribution in [0.1, 0.15) is 27.2 Å². The summed E-state index contributed by atoms with van der Waals surface area (Å²) in [6.45, 7) is 3.09. The molecule has 1 N–H and O–H groups in total. The number of benzene rings is 1. The van der Waals surface area contributed by atoms with Crippen molar-refractivity contribution in [2.45, 2.75) is 45.4 Å². The van der Waals surface area contributed by atoms with Crippen molar-refractivity contribution in [1.82, 2.24) is 0 Å². The summed E-state index contributed by atoms with van der Waals surface area (Å²) >= 11 is 0. The monoisotopic (exact) mass is 303 g/mol. The SMILES string of the molecule is COc1ccc(NC(C)CC(C)(C)OC)cc1OC(F)F. The third-order valence-corrected chi connectivity index (χ3v) is 3.14. The van der Waals surface area contributed by atoms with Crippen molar-refractivity contribution >= 4 is 5.69 Å². The molecule has 0 radical (unpaired) electrons. The first-order valence-corrected chi connectivity index (χ1v) is 6.72. The topological polar surface area (TPSA) is 39.7 Å². The number of hydrogen-bond donors (Lipinski definition) is 1. The lowest BCUT2D eigenvalue weighted by Crippen LogP contribution is -2.31. The van der Waals surface area contributed by atoms with E-state index < -0.39 is 6.61 Å². The number of ether oxygens (including phenoxy) is 3. The molecule has 0 fully saturated rings. The standard InChI is InChI=1S/C15H23F2NO3/c1-10(9-15(2,3)20-5)18-11-6-7-12(19-4)13(8-11)21-14(16)17/h6-8,10,14,18H,9H2,1-5H3. The van der Waals surface area contributed by atoms with Gasteiger partial charge in [-0.05, 0) is 39.3 Å². The van der Waals surface area contributed by atoms with Crippen LogP contribution in [0.15, 0.2) is 18.2 Å². The molecule has 0 saturated carbocycles. The number of anilines is 1. The lowest BCUT2D eigenvalue weighted by atomic mass is 9.99. The van der Waals surface area contributed by atoms with Gasteiger partial charge in [0.05, 0.1) is 12.7 Å². The smallest absolute Gasteiger partial charge is 0.387 e. The van der Waals surface area contributed by atoms with E-state index in [0.29, 0.717) is 5.69 Å². The van der Waals surface area contributed by atoms with E-state index in [1.54, 1.807) is 19.2 Å². The van der Waals surface area contributed by atoms with Crippen molar-refractivity contribution in [2.24, 2.45) is 0 Å². The number of alkyl halides is 2. The van der Waals surface area contributed by atoms with Crippen molar-refractivity contribution in [1.29, 1.82) is 0 Å². The molecule has 0 spiro atoms. The van der Waals surface area contributed by atoms with Crippen LogP contribution >= 0.6 is 0 Å². The second kappa shape index (κ2) is 7.45. The summed E-state index contributed by atoms with van der Waals surface area (Å²) in [4.78, 5) is 0. The third kappa shape index (κ3) is 5.75. The van der Waals surface area contributed by atoms with E-state index in [4.69, 9.17) is 9.47 Å². The molecule has 0 heterocycles. The zero-order chi connectivity index (χ0) is 16.0. The summed E-state index contributed by atoms with van der Waals surface area (Å²) in [6.07, 6.45) is 0.764. The minimum Gasteiger partial charge on any atom is -0.493 e. The summed E-state index contributed by atoms with van der Waals surface area (Å²) in [5, 5.41) is 3.24. The fraction of sp³-hybridized carbons (Fsp3) is 0.600. The van der Waals surface area contributed by atoms with E-state index in [2.05, 4.69) is 10.1 Å². The molecule has 21 heavy (non-hydrogen) atoms. The number of methoxy groups -OCH3 is 2. The quantitative estimate of drug-likeness (QED) is 0.790. The third-order valence-electron chi connectivity index (χ3n) is 3.14. The van der Waals surface area contributed by atoms with Gasteiger partial charge in [0.25, 0.3) is 0 Å². The van der Waals surface area contributed by atoms with Crippen LogP contribution in [0.2, 0.25) is 0 Å². The van der Waals surface area contributed by atoms with Gasteiger partial charge in [-0.1, -0.05) is 0 Å². The van der Waals surface area contributed by atoms with E-state index in [-0.39, 0.29) is 23.1 Å². The van der Waals surface area contributed by atoms with Crippen molar-refractivity contribution in [3.05, 3.63) is 18.2 Å². The van der Waals surface area contributed by atoms with Gasteiger partial charge in [-0.15, -0.1) is 0 Å². The first-order chi connectivity index (χ1) is 9.77. The minimum absolute atomic E-state index is 0.00991. The van der Waals surface area contributed by atoms with Gasteiger partial charge in [0, 0.05) is 24.9 Å². The maximum absolute atomic E-state index is 12.4. The van der Waals surface area contributed by atoms with Crippen LogP contribution in [-0.2, 0) is 4.74 Å². The molecule has 1 atom stereocenters. The van der Waals surface area contributed by atoms with Gasteiger partial charge < -0.3 is 19.5 Å². The van der Waals surface area contributed by atoms with Crippen molar-refractivity contribution < 1.29 is 23.0 Å². The highest BCUT2D eigenvalue weighted by molar-refractivity contribution is 5.55. The van der Waals surface area contributed by atoms with Gasteiger partial charge in [-0.2, -0.15) is 8.78 Å². The summed E-state index contributed by atoms with van der Waals surface area (Å²) < 4.78 is 39.6. The molecule has 0 aliphatic rings. The molecule has 4 nitrogen and oxygen atoms in total. The fourth-order valence-electron chi connectivity index (χ4n) is 2.11. The van der Waals surface area contributed by atoms with Crippen molar-refractivity contribution in [3.8, 4) is 11.5 Å². The normalized spacial score (nSPS) is 13.1. The van der Waals surface area contributed by atoms with E-state index in [9.17, 15) is 8.78 Å². The molecule has 0 aromatic heterocycles. The molecule has 0 bridgehead atoms. The number of rotatable bonds is 8. The first-order valence-electron chi connectivity index (χ1n) is 6.72. The van der Waals surface area contributed by atoms with Crippen LogP contribution in [0.5, 0.6) is 11.5 Å². The number of hydrogen-bond acceptors (Lipinski definition) is 4. The molecule has 0 aliphatic carbocycles. The lowest BCUT2D eigenvalue weighted by molar-refractivity contribution is -0.0511. The Morgan fingerprint density at radius 2 is 1.86 bits per heavy atom. The van der Waals surface area contributed by atoms with Gasteiger partial charge in [-0.25, -0.2) is 0 Å². The van der Waals surface area contributed by atoms with E-state index >= 15 is 0 Å². The fourth-order valence-corrected chi connectivity index (χ4v) is 2.11. The molecule has 1 unspecified atom stereocenters. The van der Waals surface area contributed by atoms with E-state index in [1.165, 1.54) is 13.2 Å². The van der Waals surface area contributed by atoms with Crippen LogP contribution < -0.4 is 14.8 Å². The summed E-state index contributed by atoms with van der Waals surface area (Å²) in [5.74, 6) is 0.279. The summed E-state index contributed by atoms with van der Waals surface area (Å²) in [7, 11) is 3.07.